The Labute approximate surface area is 82.7 Å². The molecule has 0 spiro atoms. The summed E-state index contributed by atoms with van der Waals surface area (Å²) >= 11 is 5.44. The third-order valence-electron chi connectivity index (χ3n) is 1.27. The van der Waals surface area contributed by atoms with Crippen molar-refractivity contribution in [3.8, 4) is 0 Å². The second-order valence-electron chi connectivity index (χ2n) is 2.63. The van der Waals surface area contributed by atoms with Crippen LogP contribution in [0, 0.1) is 0 Å². The van der Waals surface area contributed by atoms with Gasteiger partial charge in [-0.1, -0.05) is 0 Å². The first-order valence-corrected chi connectivity index (χ1v) is 5.90. The smallest absolute Gasteiger partial charge is 0.237 e. The number of amides is 1. The lowest BCUT2D eigenvalue weighted by Crippen LogP contribution is -2.31. The van der Waals surface area contributed by atoms with Gasteiger partial charge >= 0.3 is 0 Å². The van der Waals surface area contributed by atoms with Crippen LogP contribution >= 0.6 is 11.6 Å². The quantitative estimate of drug-likeness (QED) is 0.487. The van der Waals surface area contributed by atoms with Crippen LogP contribution in [-0.4, -0.2) is 32.0 Å². The normalized spacial score (nSPS) is 13.8. The Bertz CT molecular complexity index is 263. The summed E-state index contributed by atoms with van der Waals surface area (Å²) in [6.07, 6.45) is 0.300. The third kappa shape index (κ3) is 8.01. The van der Waals surface area contributed by atoms with Gasteiger partial charge in [-0.15, -0.1) is 11.6 Å². The summed E-state index contributed by atoms with van der Waals surface area (Å²) in [5.74, 6) is -0.444. The number of alkyl halides is 1. The van der Waals surface area contributed by atoms with E-state index in [0.29, 0.717) is 6.42 Å². The first kappa shape index (κ1) is 12.7. The molecule has 5 nitrogen and oxygen atoms in total. The number of hydrogen-bond donors (Lipinski definition) is 2. The number of sulfonamides is 1. The maximum Gasteiger partial charge on any atom is 0.237 e. The van der Waals surface area contributed by atoms with Gasteiger partial charge in [0.15, 0.2) is 0 Å². The molecular weight excluding hydrogens is 216 g/mol. The molecule has 3 N–H and O–H groups in total. The Hall–Kier alpha value is -0.330. The molecule has 0 saturated heterocycles. The van der Waals surface area contributed by atoms with Crippen LogP contribution < -0.4 is 10.5 Å². The highest BCUT2D eigenvalue weighted by Crippen LogP contribution is 1.92. The van der Waals surface area contributed by atoms with E-state index in [0.717, 1.165) is 0 Å². The van der Waals surface area contributed by atoms with Crippen LogP contribution in [0.4, 0.5) is 0 Å². The van der Waals surface area contributed by atoms with Gasteiger partial charge < -0.3 is 5.32 Å². The fourth-order valence-corrected chi connectivity index (χ4v) is 1.25. The number of halogens is 1. The van der Waals surface area contributed by atoms with Crippen LogP contribution in [-0.2, 0) is 14.8 Å². The highest BCUT2D eigenvalue weighted by molar-refractivity contribution is 7.89. The van der Waals surface area contributed by atoms with Gasteiger partial charge in [0.25, 0.3) is 0 Å². The predicted octanol–water partition coefficient (Wildman–Crippen LogP) is -0.591. The Kier molecular flexibility index (Phi) is 5.27. The second-order valence-corrected chi connectivity index (χ2v) is 5.02. The number of primary sulfonamides is 1. The minimum atomic E-state index is -3.43. The molecule has 0 aromatic carbocycles. The van der Waals surface area contributed by atoms with Crippen molar-refractivity contribution in [3.63, 3.8) is 0 Å². The van der Waals surface area contributed by atoms with E-state index in [1.807, 2.05) is 0 Å². The molecule has 13 heavy (non-hydrogen) atoms. The van der Waals surface area contributed by atoms with Gasteiger partial charge in [0.05, 0.1) is 5.75 Å². The number of nitrogens with two attached hydrogens (primary N) is 1. The van der Waals surface area contributed by atoms with Crippen molar-refractivity contribution in [2.75, 3.05) is 12.3 Å². The topological polar surface area (TPSA) is 89.3 Å². The SMILES string of the molecule is CC(Cl)C(=O)NCCCS(N)(=O)=O. The number of rotatable bonds is 5. The molecule has 78 valence electrons. The maximum atomic E-state index is 10.8. The van der Waals surface area contributed by atoms with Crippen molar-refractivity contribution in [3.05, 3.63) is 0 Å². The molecule has 0 saturated carbocycles. The van der Waals surface area contributed by atoms with Crippen LogP contribution in [0.15, 0.2) is 0 Å². The molecule has 1 atom stereocenters. The summed E-state index contributed by atoms with van der Waals surface area (Å²) in [6.45, 7) is 1.81. The van der Waals surface area contributed by atoms with Crippen LogP contribution in [0.1, 0.15) is 13.3 Å². The van der Waals surface area contributed by atoms with Crippen LogP contribution in [0.2, 0.25) is 0 Å². The van der Waals surface area contributed by atoms with Gasteiger partial charge in [0.1, 0.15) is 5.38 Å². The zero-order valence-electron chi connectivity index (χ0n) is 7.29. The summed E-state index contributed by atoms with van der Waals surface area (Å²) in [5, 5.41) is 6.61. The highest BCUT2D eigenvalue weighted by Gasteiger charge is 2.08. The van der Waals surface area contributed by atoms with Crippen molar-refractivity contribution in [1.82, 2.24) is 5.32 Å². The Balaban J connectivity index is 3.53. The lowest BCUT2D eigenvalue weighted by atomic mass is 10.4. The lowest BCUT2D eigenvalue weighted by molar-refractivity contribution is -0.120. The lowest BCUT2D eigenvalue weighted by Gasteiger charge is -2.04. The molecule has 0 bridgehead atoms. The average molecular weight is 229 g/mol. The fraction of sp³-hybridized carbons (Fsp3) is 0.833. The Morgan fingerprint density at radius 2 is 2.15 bits per heavy atom. The van der Waals surface area contributed by atoms with E-state index in [-0.39, 0.29) is 18.2 Å². The molecule has 1 amide bonds. The molecular formula is C6H13ClN2O3S. The van der Waals surface area contributed by atoms with E-state index >= 15 is 0 Å². The molecule has 0 aliphatic rings. The largest absolute Gasteiger partial charge is 0.355 e. The van der Waals surface area contributed by atoms with Crippen molar-refractivity contribution < 1.29 is 13.2 Å². The maximum absolute atomic E-state index is 10.8. The van der Waals surface area contributed by atoms with Crippen LogP contribution in [0.5, 0.6) is 0 Å². The van der Waals surface area contributed by atoms with E-state index in [1.165, 1.54) is 6.92 Å². The van der Waals surface area contributed by atoms with E-state index < -0.39 is 15.4 Å². The molecule has 0 aliphatic heterocycles. The molecule has 0 radical (unpaired) electrons. The predicted molar refractivity (Wildman–Crippen MR) is 50.9 cm³/mol. The number of nitrogens with one attached hydrogen (secondary N) is 1. The van der Waals surface area contributed by atoms with Crippen molar-refractivity contribution >= 4 is 27.5 Å². The standard InChI is InChI=1S/C6H13ClN2O3S/c1-5(7)6(10)9-3-2-4-13(8,11)12/h5H,2-4H2,1H3,(H,9,10)(H2,8,11,12). The minimum Gasteiger partial charge on any atom is -0.355 e. The molecule has 0 aliphatic carbocycles. The molecule has 0 aromatic heterocycles. The number of hydrogen-bond acceptors (Lipinski definition) is 3. The molecule has 0 fully saturated rings. The average Bonchev–Trinajstić information content (AvgIpc) is 1.95. The monoisotopic (exact) mass is 228 g/mol. The van der Waals surface area contributed by atoms with Gasteiger partial charge in [0.2, 0.25) is 15.9 Å². The van der Waals surface area contributed by atoms with Gasteiger partial charge in [-0.2, -0.15) is 0 Å². The molecule has 0 heterocycles. The van der Waals surface area contributed by atoms with Crippen molar-refractivity contribution in [2.45, 2.75) is 18.7 Å². The van der Waals surface area contributed by atoms with Gasteiger partial charge in [0, 0.05) is 6.54 Å². The summed E-state index contributed by atoms with van der Waals surface area (Å²) in [7, 11) is -3.43. The minimum absolute atomic E-state index is 0.135. The summed E-state index contributed by atoms with van der Waals surface area (Å²) < 4.78 is 20.9. The Morgan fingerprint density at radius 3 is 2.54 bits per heavy atom. The second kappa shape index (κ2) is 5.41. The van der Waals surface area contributed by atoms with E-state index in [9.17, 15) is 13.2 Å². The van der Waals surface area contributed by atoms with Gasteiger partial charge in [-0.05, 0) is 13.3 Å². The van der Waals surface area contributed by atoms with Crippen molar-refractivity contribution in [1.29, 1.82) is 0 Å². The number of carbonyl (C=O) groups excluding carboxylic acids is 1. The molecule has 0 aromatic rings. The van der Waals surface area contributed by atoms with Gasteiger partial charge in [-0.25, -0.2) is 13.6 Å². The first-order valence-electron chi connectivity index (χ1n) is 3.75. The van der Waals surface area contributed by atoms with Crippen LogP contribution in [0.3, 0.4) is 0 Å². The zero-order valence-corrected chi connectivity index (χ0v) is 8.86. The molecule has 7 heteroatoms. The summed E-state index contributed by atoms with van der Waals surface area (Å²) in [6, 6.07) is 0. The molecule has 1 unspecified atom stereocenters. The van der Waals surface area contributed by atoms with E-state index in [1.54, 1.807) is 0 Å². The molecule has 0 rings (SSSR count). The Morgan fingerprint density at radius 1 is 1.62 bits per heavy atom. The first-order chi connectivity index (χ1) is 5.83. The summed E-state index contributed by atoms with van der Waals surface area (Å²) in [4.78, 5) is 10.8. The van der Waals surface area contributed by atoms with E-state index in [4.69, 9.17) is 16.7 Å². The van der Waals surface area contributed by atoms with Crippen molar-refractivity contribution in [2.24, 2.45) is 5.14 Å². The zero-order chi connectivity index (χ0) is 10.5. The third-order valence-corrected chi connectivity index (χ3v) is 2.32. The van der Waals surface area contributed by atoms with Gasteiger partial charge in [-0.3, -0.25) is 4.79 Å². The summed E-state index contributed by atoms with van der Waals surface area (Å²) in [5.41, 5.74) is 0. The van der Waals surface area contributed by atoms with E-state index in [2.05, 4.69) is 5.32 Å². The fourth-order valence-electron chi connectivity index (χ4n) is 0.626. The highest BCUT2D eigenvalue weighted by atomic mass is 35.5. The number of carbonyl (C=O) groups is 1. The van der Waals surface area contributed by atoms with Crippen LogP contribution in [0.25, 0.3) is 0 Å².